The van der Waals surface area contributed by atoms with Crippen molar-refractivity contribution in [3.8, 4) is 0 Å². The maximum Gasteiger partial charge on any atom is 0.132 e. The molecule has 0 fully saturated rings. The van der Waals surface area contributed by atoms with Gasteiger partial charge in [-0.15, -0.1) is 0 Å². The zero-order chi connectivity index (χ0) is 8.97. The summed E-state index contributed by atoms with van der Waals surface area (Å²) in [6.07, 6.45) is -0.00862. The first-order chi connectivity index (χ1) is 5.75. The molecule has 3 atom stereocenters. The summed E-state index contributed by atoms with van der Waals surface area (Å²) in [5.74, 6) is 0. The van der Waals surface area contributed by atoms with Gasteiger partial charge in [-0.1, -0.05) is 5.11 Å². The SMILES string of the molecule is [N-]=[N+]=NC[C@H]1OC=C[C@@H](O)[C@@H]1O. The lowest BCUT2D eigenvalue weighted by atomic mass is 10.1. The van der Waals surface area contributed by atoms with Crippen LogP contribution in [0.2, 0.25) is 0 Å². The van der Waals surface area contributed by atoms with E-state index >= 15 is 0 Å². The average Bonchev–Trinajstić information content (AvgIpc) is 2.08. The summed E-state index contributed by atoms with van der Waals surface area (Å²) < 4.78 is 4.91. The van der Waals surface area contributed by atoms with Crippen LogP contribution in [-0.4, -0.2) is 35.1 Å². The van der Waals surface area contributed by atoms with E-state index in [1.165, 1.54) is 12.3 Å². The van der Waals surface area contributed by atoms with Gasteiger partial charge in [0.1, 0.15) is 18.3 Å². The first-order valence-electron chi connectivity index (χ1n) is 3.45. The maximum absolute atomic E-state index is 9.25. The molecular formula is C6H9N3O3. The fraction of sp³-hybridized carbons (Fsp3) is 0.667. The Balaban J connectivity index is 2.54. The molecule has 1 rings (SSSR count). The summed E-state index contributed by atoms with van der Waals surface area (Å²) in [5, 5.41) is 21.6. The van der Waals surface area contributed by atoms with Crippen LogP contribution in [0.5, 0.6) is 0 Å². The van der Waals surface area contributed by atoms with Crippen LogP contribution in [0.4, 0.5) is 0 Å². The Morgan fingerprint density at radius 2 is 2.33 bits per heavy atom. The Morgan fingerprint density at radius 3 is 3.00 bits per heavy atom. The smallest absolute Gasteiger partial charge is 0.132 e. The van der Waals surface area contributed by atoms with Crippen LogP contribution >= 0.6 is 0 Å². The molecule has 1 heterocycles. The van der Waals surface area contributed by atoms with E-state index in [0.717, 1.165) is 0 Å². The van der Waals surface area contributed by atoms with E-state index in [1.54, 1.807) is 0 Å². The predicted octanol–water partition coefficient (Wildman–Crippen LogP) is -0.0690. The number of rotatable bonds is 2. The summed E-state index contributed by atoms with van der Waals surface area (Å²) in [5.41, 5.74) is 7.99. The Bertz CT molecular complexity index is 224. The number of hydrogen-bond donors (Lipinski definition) is 2. The molecule has 2 N–H and O–H groups in total. The van der Waals surface area contributed by atoms with Gasteiger partial charge in [0.25, 0.3) is 0 Å². The van der Waals surface area contributed by atoms with Crippen molar-refractivity contribution in [2.75, 3.05) is 6.54 Å². The molecule has 6 heteroatoms. The zero-order valence-electron chi connectivity index (χ0n) is 6.24. The number of aliphatic hydroxyl groups excluding tert-OH is 2. The van der Waals surface area contributed by atoms with Crippen molar-refractivity contribution in [2.45, 2.75) is 18.3 Å². The molecule has 0 bridgehead atoms. The molecule has 0 unspecified atom stereocenters. The molecule has 0 amide bonds. The molecule has 0 saturated heterocycles. The van der Waals surface area contributed by atoms with Crippen molar-refractivity contribution in [1.29, 1.82) is 0 Å². The van der Waals surface area contributed by atoms with Crippen molar-refractivity contribution in [1.82, 2.24) is 0 Å². The molecule has 66 valence electrons. The van der Waals surface area contributed by atoms with E-state index < -0.39 is 18.3 Å². The summed E-state index contributed by atoms with van der Waals surface area (Å²) in [7, 11) is 0. The largest absolute Gasteiger partial charge is 0.495 e. The highest BCUT2D eigenvalue weighted by Gasteiger charge is 2.27. The molecule has 0 aromatic rings. The lowest BCUT2D eigenvalue weighted by molar-refractivity contribution is -0.0581. The lowest BCUT2D eigenvalue weighted by Crippen LogP contribution is -2.41. The first kappa shape index (κ1) is 8.86. The van der Waals surface area contributed by atoms with Crippen molar-refractivity contribution < 1.29 is 14.9 Å². The molecule has 0 radical (unpaired) electrons. The highest BCUT2D eigenvalue weighted by Crippen LogP contribution is 2.12. The molecule has 0 aromatic carbocycles. The van der Waals surface area contributed by atoms with Crippen molar-refractivity contribution in [3.05, 3.63) is 22.8 Å². The van der Waals surface area contributed by atoms with E-state index in [4.69, 9.17) is 15.4 Å². The quantitative estimate of drug-likeness (QED) is 0.345. The highest BCUT2D eigenvalue weighted by atomic mass is 16.5. The minimum absolute atomic E-state index is 0.0130. The van der Waals surface area contributed by atoms with Crippen LogP contribution in [0.25, 0.3) is 10.4 Å². The Labute approximate surface area is 68.7 Å². The Kier molecular flexibility index (Phi) is 2.93. The summed E-state index contributed by atoms with van der Waals surface area (Å²) >= 11 is 0. The maximum atomic E-state index is 9.25. The van der Waals surface area contributed by atoms with Crippen LogP contribution in [0.15, 0.2) is 17.5 Å². The van der Waals surface area contributed by atoms with Gasteiger partial charge in [-0.2, -0.15) is 0 Å². The van der Waals surface area contributed by atoms with Gasteiger partial charge in [0.2, 0.25) is 0 Å². The lowest BCUT2D eigenvalue weighted by Gasteiger charge is -2.26. The average molecular weight is 171 g/mol. The molecule has 1 aliphatic rings. The summed E-state index contributed by atoms with van der Waals surface area (Å²) in [4.78, 5) is 2.52. The normalized spacial score (nSPS) is 33.7. The molecule has 1 aliphatic heterocycles. The third-order valence-electron chi connectivity index (χ3n) is 1.58. The minimum atomic E-state index is -1.03. The van der Waals surface area contributed by atoms with Gasteiger partial charge in [0, 0.05) is 4.91 Å². The second-order valence-electron chi connectivity index (χ2n) is 2.40. The molecule has 0 spiro atoms. The second kappa shape index (κ2) is 3.96. The van der Waals surface area contributed by atoms with Gasteiger partial charge in [0.05, 0.1) is 12.8 Å². The monoisotopic (exact) mass is 171 g/mol. The number of azide groups is 1. The number of nitrogens with zero attached hydrogens (tertiary/aromatic N) is 3. The third kappa shape index (κ3) is 1.88. The van der Waals surface area contributed by atoms with E-state index in [2.05, 4.69) is 10.0 Å². The van der Waals surface area contributed by atoms with E-state index in [9.17, 15) is 5.11 Å². The third-order valence-corrected chi connectivity index (χ3v) is 1.58. The van der Waals surface area contributed by atoms with Crippen LogP contribution < -0.4 is 0 Å². The number of aliphatic hydroxyl groups is 2. The van der Waals surface area contributed by atoms with E-state index in [-0.39, 0.29) is 6.54 Å². The van der Waals surface area contributed by atoms with E-state index in [1.807, 2.05) is 0 Å². The molecular weight excluding hydrogens is 162 g/mol. The molecule has 0 aromatic heterocycles. The van der Waals surface area contributed by atoms with Crippen molar-refractivity contribution in [2.24, 2.45) is 5.11 Å². The fourth-order valence-corrected chi connectivity index (χ4v) is 0.909. The van der Waals surface area contributed by atoms with Crippen LogP contribution in [0, 0.1) is 0 Å². The molecule has 0 aliphatic carbocycles. The fourth-order valence-electron chi connectivity index (χ4n) is 0.909. The van der Waals surface area contributed by atoms with Gasteiger partial charge in [-0.05, 0) is 11.6 Å². The Morgan fingerprint density at radius 1 is 1.58 bits per heavy atom. The van der Waals surface area contributed by atoms with Gasteiger partial charge in [-0.25, -0.2) is 0 Å². The Hall–Kier alpha value is -1.23. The van der Waals surface area contributed by atoms with Gasteiger partial charge in [-0.3, -0.25) is 0 Å². The van der Waals surface area contributed by atoms with Crippen LogP contribution in [-0.2, 0) is 4.74 Å². The molecule has 0 saturated carbocycles. The van der Waals surface area contributed by atoms with Gasteiger partial charge < -0.3 is 14.9 Å². The van der Waals surface area contributed by atoms with E-state index in [0.29, 0.717) is 0 Å². The standard InChI is InChI=1S/C6H9N3O3/c7-9-8-3-5-6(11)4(10)1-2-12-5/h1-2,4-6,10-11H,3H2/t4-,5-,6+/m1/s1. The summed E-state index contributed by atoms with van der Waals surface area (Å²) in [6.45, 7) is 0.0130. The van der Waals surface area contributed by atoms with Crippen LogP contribution in [0.1, 0.15) is 0 Å². The minimum Gasteiger partial charge on any atom is -0.495 e. The van der Waals surface area contributed by atoms with Gasteiger partial charge in [0.15, 0.2) is 0 Å². The number of ether oxygens (including phenoxy) is 1. The zero-order valence-corrected chi connectivity index (χ0v) is 6.24. The van der Waals surface area contributed by atoms with Crippen molar-refractivity contribution >= 4 is 0 Å². The number of hydrogen-bond acceptors (Lipinski definition) is 4. The molecule has 6 nitrogen and oxygen atoms in total. The molecule has 12 heavy (non-hydrogen) atoms. The topological polar surface area (TPSA) is 98.5 Å². The highest BCUT2D eigenvalue weighted by molar-refractivity contribution is 4.97. The summed E-state index contributed by atoms with van der Waals surface area (Å²) in [6, 6.07) is 0. The van der Waals surface area contributed by atoms with Crippen LogP contribution in [0.3, 0.4) is 0 Å². The first-order valence-corrected chi connectivity index (χ1v) is 3.45. The predicted molar refractivity (Wildman–Crippen MR) is 40.0 cm³/mol. The van der Waals surface area contributed by atoms with Crippen molar-refractivity contribution in [3.63, 3.8) is 0 Å². The van der Waals surface area contributed by atoms with Gasteiger partial charge >= 0.3 is 0 Å². The second-order valence-corrected chi connectivity index (χ2v) is 2.40.